The van der Waals surface area contributed by atoms with Crippen molar-refractivity contribution in [3.8, 4) is 11.5 Å². The van der Waals surface area contributed by atoms with Gasteiger partial charge in [-0.15, -0.1) is 6.58 Å². The predicted octanol–water partition coefficient (Wildman–Crippen LogP) is 2.52. The van der Waals surface area contributed by atoms with Crippen LogP contribution in [0.2, 0.25) is 0 Å². The number of carbonyl (C=O) groups is 1. The Hall–Kier alpha value is -3.04. The van der Waals surface area contributed by atoms with Gasteiger partial charge < -0.3 is 19.9 Å². The minimum absolute atomic E-state index is 0.116. The van der Waals surface area contributed by atoms with Gasteiger partial charge in [-0.25, -0.2) is 17.9 Å². The van der Waals surface area contributed by atoms with Gasteiger partial charge in [0.25, 0.3) is 0 Å². The molecule has 0 saturated heterocycles. The van der Waals surface area contributed by atoms with Gasteiger partial charge in [-0.05, 0) is 42.3 Å². The van der Waals surface area contributed by atoms with E-state index in [1.165, 1.54) is 26.4 Å². The SMILES string of the molecule is C=CCNc1ccc(C(=O)O)cc1S(=O)(=O)NCCc1ccc(OC)c(OC)c1. The Morgan fingerprint density at radius 3 is 2.48 bits per heavy atom. The molecule has 8 nitrogen and oxygen atoms in total. The lowest BCUT2D eigenvalue weighted by atomic mass is 10.1. The van der Waals surface area contributed by atoms with E-state index < -0.39 is 16.0 Å². The zero-order chi connectivity index (χ0) is 21.4. The van der Waals surface area contributed by atoms with Gasteiger partial charge in [-0.2, -0.15) is 0 Å². The van der Waals surface area contributed by atoms with Crippen molar-refractivity contribution in [1.82, 2.24) is 4.72 Å². The maximum Gasteiger partial charge on any atom is 0.335 e. The predicted molar refractivity (Wildman–Crippen MR) is 111 cm³/mol. The van der Waals surface area contributed by atoms with Crippen LogP contribution in [0.25, 0.3) is 0 Å². The van der Waals surface area contributed by atoms with E-state index in [4.69, 9.17) is 9.47 Å². The molecule has 0 unspecified atom stereocenters. The van der Waals surface area contributed by atoms with E-state index in [0.29, 0.717) is 30.2 Å². The van der Waals surface area contributed by atoms with E-state index >= 15 is 0 Å². The number of rotatable bonds is 11. The average molecular weight is 420 g/mol. The molecule has 0 saturated carbocycles. The lowest BCUT2D eigenvalue weighted by Gasteiger charge is -2.14. The molecule has 0 aliphatic carbocycles. The van der Waals surface area contributed by atoms with Crippen LogP contribution in [0, 0.1) is 0 Å². The van der Waals surface area contributed by atoms with Gasteiger partial charge in [0.05, 0.1) is 25.5 Å². The van der Waals surface area contributed by atoms with E-state index in [0.717, 1.165) is 11.6 Å². The van der Waals surface area contributed by atoms with Gasteiger partial charge in [-0.1, -0.05) is 12.1 Å². The monoisotopic (exact) mass is 420 g/mol. The fourth-order valence-corrected chi connectivity index (χ4v) is 3.89. The summed E-state index contributed by atoms with van der Waals surface area (Å²) in [5, 5.41) is 12.1. The number of carboxylic acid groups (broad SMARTS) is 1. The normalized spacial score (nSPS) is 11.0. The Bertz CT molecular complexity index is 988. The van der Waals surface area contributed by atoms with Crippen molar-refractivity contribution in [3.63, 3.8) is 0 Å². The zero-order valence-corrected chi connectivity index (χ0v) is 17.1. The molecule has 9 heteroatoms. The zero-order valence-electron chi connectivity index (χ0n) is 16.3. The summed E-state index contributed by atoms with van der Waals surface area (Å²) >= 11 is 0. The van der Waals surface area contributed by atoms with Crippen molar-refractivity contribution < 1.29 is 27.8 Å². The van der Waals surface area contributed by atoms with Crippen LogP contribution < -0.4 is 19.5 Å². The first-order valence-corrected chi connectivity index (χ1v) is 10.2. The van der Waals surface area contributed by atoms with E-state index in [2.05, 4.69) is 16.6 Å². The molecule has 29 heavy (non-hydrogen) atoms. The minimum atomic E-state index is -3.94. The molecule has 3 N–H and O–H groups in total. The molecule has 0 heterocycles. The van der Waals surface area contributed by atoms with Gasteiger partial charge in [0, 0.05) is 13.1 Å². The van der Waals surface area contributed by atoms with E-state index in [-0.39, 0.29) is 17.0 Å². The third-order valence-electron chi connectivity index (χ3n) is 4.11. The largest absolute Gasteiger partial charge is 0.493 e. The molecule has 0 atom stereocenters. The summed E-state index contributed by atoms with van der Waals surface area (Å²) in [6.07, 6.45) is 1.99. The molecule has 2 aromatic rings. The van der Waals surface area contributed by atoms with Gasteiger partial charge in [0.15, 0.2) is 11.5 Å². The van der Waals surface area contributed by atoms with Crippen LogP contribution in [0.3, 0.4) is 0 Å². The van der Waals surface area contributed by atoms with Crippen LogP contribution in [0.1, 0.15) is 15.9 Å². The third kappa shape index (κ3) is 5.72. The maximum atomic E-state index is 12.8. The average Bonchev–Trinajstić information content (AvgIpc) is 2.71. The molecule has 0 radical (unpaired) electrons. The highest BCUT2D eigenvalue weighted by Gasteiger charge is 2.20. The number of ether oxygens (including phenoxy) is 2. The van der Waals surface area contributed by atoms with Crippen molar-refractivity contribution in [2.75, 3.05) is 32.6 Å². The summed E-state index contributed by atoms with van der Waals surface area (Å²) in [6.45, 7) is 4.04. The summed E-state index contributed by atoms with van der Waals surface area (Å²) < 4.78 is 38.5. The number of methoxy groups -OCH3 is 2. The molecular formula is C20H24N2O6S. The van der Waals surface area contributed by atoms with Crippen LogP contribution >= 0.6 is 0 Å². The molecule has 0 amide bonds. The molecule has 2 rings (SSSR count). The summed E-state index contributed by atoms with van der Waals surface area (Å²) in [7, 11) is -0.880. The smallest absolute Gasteiger partial charge is 0.335 e. The Morgan fingerprint density at radius 1 is 1.14 bits per heavy atom. The number of hydrogen-bond acceptors (Lipinski definition) is 6. The Balaban J connectivity index is 2.19. The van der Waals surface area contributed by atoms with Crippen LogP contribution in [-0.4, -0.2) is 46.8 Å². The van der Waals surface area contributed by atoms with Crippen LogP contribution in [-0.2, 0) is 16.4 Å². The lowest BCUT2D eigenvalue weighted by Crippen LogP contribution is -2.27. The van der Waals surface area contributed by atoms with Gasteiger partial charge in [-0.3, -0.25) is 0 Å². The molecule has 0 spiro atoms. The quantitative estimate of drug-likeness (QED) is 0.479. The topological polar surface area (TPSA) is 114 Å². The summed E-state index contributed by atoms with van der Waals surface area (Å²) in [4.78, 5) is 11.1. The second-order valence-corrected chi connectivity index (χ2v) is 7.76. The minimum Gasteiger partial charge on any atom is -0.493 e. The number of nitrogens with one attached hydrogen (secondary N) is 2. The summed E-state index contributed by atoms with van der Waals surface area (Å²) in [5.41, 5.74) is 1.04. The molecule has 156 valence electrons. The van der Waals surface area contributed by atoms with Gasteiger partial charge in [0.1, 0.15) is 4.90 Å². The van der Waals surface area contributed by atoms with Crippen molar-refractivity contribution in [2.24, 2.45) is 0 Å². The Labute approximate surface area is 170 Å². The number of sulfonamides is 1. The standard InChI is InChI=1S/C20H24N2O6S/c1-4-10-21-16-7-6-15(20(23)24)13-19(16)29(25,26)22-11-9-14-5-8-17(27-2)18(12-14)28-3/h4-8,12-13,21-22H,1,9-11H2,2-3H3,(H,23,24). The molecule has 2 aromatic carbocycles. The Morgan fingerprint density at radius 2 is 1.86 bits per heavy atom. The van der Waals surface area contributed by atoms with Crippen molar-refractivity contribution in [1.29, 1.82) is 0 Å². The summed E-state index contributed by atoms with van der Waals surface area (Å²) in [6, 6.07) is 9.24. The fourth-order valence-electron chi connectivity index (χ4n) is 2.65. The van der Waals surface area contributed by atoms with Gasteiger partial charge >= 0.3 is 5.97 Å². The number of aromatic carboxylic acids is 1. The molecular weight excluding hydrogens is 396 g/mol. The molecule has 0 aliphatic heterocycles. The number of benzene rings is 2. The van der Waals surface area contributed by atoms with E-state index in [9.17, 15) is 18.3 Å². The first-order valence-electron chi connectivity index (χ1n) is 8.75. The number of hydrogen-bond donors (Lipinski definition) is 3. The number of anilines is 1. The Kier molecular flexibility index (Phi) is 7.63. The first-order chi connectivity index (χ1) is 13.8. The van der Waals surface area contributed by atoms with Crippen LogP contribution in [0.4, 0.5) is 5.69 Å². The highest BCUT2D eigenvalue weighted by molar-refractivity contribution is 7.89. The molecule has 0 aromatic heterocycles. The lowest BCUT2D eigenvalue weighted by molar-refractivity contribution is 0.0696. The summed E-state index contributed by atoms with van der Waals surface area (Å²) in [5.74, 6) is -0.0692. The molecule has 0 fully saturated rings. The first kappa shape index (κ1) is 22.3. The van der Waals surface area contributed by atoms with Crippen molar-refractivity contribution >= 4 is 21.7 Å². The number of carboxylic acids is 1. The van der Waals surface area contributed by atoms with E-state index in [1.807, 2.05) is 6.07 Å². The third-order valence-corrected chi connectivity index (χ3v) is 5.61. The fraction of sp³-hybridized carbons (Fsp3) is 0.250. The second-order valence-electron chi connectivity index (χ2n) is 6.02. The highest BCUT2D eigenvalue weighted by atomic mass is 32.2. The molecule has 0 bridgehead atoms. The van der Waals surface area contributed by atoms with E-state index in [1.54, 1.807) is 18.2 Å². The van der Waals surface area contributed by atoms with Gasteiger partial charge in [0.2, 0.25) is 10.0 Å². The maximum absolute atomic E-state index is 12.8. The second kappa shape index (κ2) is 9.94. The van der Waals surface area contributed by atoms with Crippen molar-refractivity contribution in [2.45, 2.75) is 11.3 Å². The van der Waals surface area contributed by atoms with Crippen LogP contribution in [0.5, 0.6) is 11.5 Å². The molecule has 0 aliphatic rings. The van der Waals surface area contributed by atoms with Crippen LogP contribution in [0.15, 0.2) is 53.9 Å². The highest BCUT2D eigenvalue weighted by Crippen LogP contribution is 2.28. The van der Waals surface area contributed by atoms with Crippen molar-refractivity contribution in [3.05, 3.63) is 60.2 Å².